The van der Waals surface area contributed by atoms with E-state index in [0.717, 1.165) is 5.56 Å². The van der Waals surface area contributed by atoms with Crippen molar-refractivity contribution >= 4 is 0 Å². The summed E-state index contributed by atoms with van der Waals surface area (Å²) in [6, 6.07) is 18.5. The predicted molar refractivity (Wildman–Crippen MR) is 77.9 cm³/mol. The fourth-order valence-electron chi connectivity index (χ4n) is 2.26. The molecule has 0 N–H and O–H groups in total. The van der Waals surface area contributed by atoms with Gasteiger partial charge in [0.15, 0.2) is 5.82 Å². The molecule has 1 aromatic heterocycles. The molecule has 0 spiro atoms. The molecule has 1 heterocycles. The van der Waals surface area contributed by atoms with Crippen molar-refractivity contribution in [2.75, 3.05) is 0 Å². The van der Waals surface area contributed by atoms with Crippen LogP contribution in [-0.4, -0.2) is 9.78 Å². The fourth-order valence-corrected chi connectivity index (χ4v) is 2.26. The number of halogens is 1. The maximum Gasteiger partial charge on any atom is 0.161 e. The van der Waals surface area contributed by atoms with Crippen LogP contribution in [0.3, 0.4) is 0 Å². The lowest BCUT2D eigenvalue weighted by Gasteiger charge is -2.13. The minimum atomic E-state index is -0.308. The zero-order valence-corrected chi connectivity index (χ0v) is 11.2. The van der Waals surface area contributed by atoms with E-state index in [-0.39, 0.29) is 11.9 Å². The normalized spacial score (nSPS) is 12.3. The summed E-state index contributed by atoms with van der Waals surface area (Å²) in [4.78, 5) is 0. The van der Waals surface area contributed by atoms with Gasteiger partial charge >= 0.3 is 0 Å². The van der Waals surface area contributed by atoms with Crippen LogP contribution in [0, 0.1) is 5.82 Å². The van der Waals surface area contributed by atoms with Crippen molar-refractivity contribution in [3.05, 3.63) is 78.4 Å². The molecule has 0 amide bonds. The first kappa shape index (κ1) is 12.6. The van der Waals surface area contributed by atoms with Crippen LogP contribution in [0.5, 0.6) is 0 Å². The van der Waals surface area contributed by atoms with Gasteiger partial charge in [0.2, 0.25) is 0 Å². The molecular weight excluding hydrogens is 251 g/mol. The Balaban J connectivity index is 1.86. The van der Waals surface area contributed by atoms with Gasteiger partial charge in [-0.3, -0.25) is 4.68 Å². The van der Waals surface area contributed by atoms with E-state index in [1.807, 2.05) is 25.1 Å². The third-order valence-corrected chi connectivity index (χ3v) is 3.47. The molecule has 0 fully saturated rings. The number of hydrogen-bond acceptors (Lipinski definition) is 1. The highest BCUT2D eigenvalue weighted by Gasteiger charge is 2.09. The molecule has 0 aliphatic rings. The molecule has 0 radical (unpaired) electrons. The fraction of sp³-hybridized carbons (Fsp3) is 0.118. The summed E-state index contributed by atoms with van der Waals surface area (Å²) in [6.07, 6.45) is 2.64. The molecule has 20 heavy (non-hydrogen) atoms. The number of hydrogen-bond donors (Lipinski definition) is 0. The summed E-state index contributed by atoms with van der Waals surface area (Å²) in [5, 5.41) is 4.01. The van der Waals surface area contributed by atoms with E-state index in [1.165, 1.54) is 23.5 Å². The van der Waals surface area contributed by atoms with Crippen LogP contribution in [0.1, 0.15) is 18.5 Å². The van der Waals surface area contributed by atoms with Crippen molar-refractivity contribution < 1.29 is 4.39 Å². The van der Waals surface area contributed by atoms with Gasteiger partial charge in [-0.15, -0.1) is 0 Å². The van der Waals surface area contributed by atoms with Gasteiger partial charge in [-0.25, -0.2) is 4.39 Å². The Morgan fingerprint density at radius 1 is 0.950 bits per heavy atom. The number of benzene rings is 2. The molecule has 3 aromatic rings. The minimum absolute atomic E-state index is 0.0179. The third-order valence-electron chi connectivity index (χ3n) is 3.47. The second-order valence-corrected chi connectivity index (χ2v) is 4.80. The van der Waals surface area contributed by atoms with Crippen LogP contribution in [0.4, 0.5) is 4.39 Å². The largest absolute Gasteiger partial charge is 0.262 e. The lowest BCUT2D eigenvalue weighted by Crippen LogP contribution is -2.06. The van der Waals surface area contributed by atoms with E-state index in [1.54, 1.807) is 4.68 Å². The quantitative estimate of drug-likeness (QED) is 0.691. The topological polar surface area (TPSA) is 17.8 Å². The zero-order chi connectivity index (χ0) is 13.9. The standard InChI is InChI=1S/C17H15FN2/c1-13(20-12-17(18)11-19-20)14-7-9-16(10-8-14)15-5-3-2-4-6-15/h2-13H,1H3. The first-order chi connectivity index (χ1) is 9.74. The SMILES string of the molecule is CC(c1ccc(-c2ccccc2)cc1)n1cc(F)cn1. The second-order valence-electron chi connectivity index (χ2n) is 4.80. The van der Waals surface area contributed by atoms with E-state index < -0.39 is 0 Å². The maximum atomic E-state index is 13.0. The average Bonchev–Trinajstić information content (AvgIpc) is 2.94. The Kier molecular flexibility index (Phi) is 3.33. The smallest absolute Gasteiger partial charge is 0.161 e. The van der Waals surface area contributed by atoms with Crippen molar-refractivity contribution in [2.45, 2.75) is 13.0 Å². The molecule has 0 bridgehead atoms. The van der Waals surface area contributed by atoms with Gasteiger partial charge in [0.25, 0.3) is 0 Å². The minimum Gasteiger partial charge on any atom is -0.262 e. The molecule has 1 unspecified atom stereocenters. The van der Waals surface area contributed by atoms with E-state index in [2.05, 4.69) is 41.5 Å². The predicted octanol–water partition coefficient (Wildman–Crippen LogP) is 4.30. The molecule has 1 atom stereocenters. The summed E-state index contributed by atoms with van der Waals surface area (Å²) in [5.74, 6) is -0.308. The summed E-state index contributed by atoms with van der Waals surface area (Å²) in [6.45, 7) is 2.00. The lowest BCUT2D eigenvalue weighted by atomic mass is 10.0. The zero-order valence-electron chi connectivity index (χ0n) is 11.2. The van der Waals surface area contributed by atoms with Crippen molar-refractivity contribution in [3.8, 4) is 11.1 Å². The van der Waals surface area contributed by atoms with Gasteiger partial charge in [0, 0.05) is 0 Å². The first-order valence-corrected chi connectivity index (χ1v) is 6.59. The van der Waals surface area contributed by atoms with E-state index >= 15 is 0 Å². The van der Waals surface area contributed by atoms with Gasteiger partial charge in [-0.2, -0.15) is 5.10 Å². The van der Waals surface area contributed by atoms with Crippen LogP contribution < -0.4 is 0 Å². The maximum absolute atomic E-state index is 13.0. The van der Waals surface area contributed by atoms with Gasteiger partial charge in [-0.05, 0) is 23.6 Å². The van der Waals surface area contributed by atoms with Crippen LogP contribution in [0.2, 0.25) is 0 Å². The van der Waals surface area contributed by atoms with Gasteiger partial charge in [-0.1, -0.05) is 54.6 Å². The van der Waals surface area contributed by atoms with Crippen LogP contribution in [0.25, 0.3) is 11.1 Å². The third kappa shape index (κ3) is 2.48. The lowest BCUT2D eigenvalue weighted by molar-refractivity contribution is 0.556. The van der Waals surface area contributed by atoms with Crippen molar-refractivity contribution in [2.24, 2.45) is 0 Å². The van der Waals surface area contributed by atoms with Crippen LogP contribution in [-0.2, 0) is 0 Å². The Labute approximate surface area is 117 Å². The van der Waals surface area contributed by atoms with Crippen molar-refractivity contribution in [1.29, 1.82) is 0 Å². The molecule has 100 valence electrons. The molecular formula is C17H15FN2. The average molecular weight is 266 g/mol. The number of aromatic nitrogens is 2. The summed E-state index contributed by atoms with van der Waals surface area (Å²) in [5.41, 5.74) is 3.47. The van der Waals surface area contributed by atoms with Crippen molar-refractivity contribution in [3.63, 3.8) is 0 Å². The van der Waals surface area contributed by atoms with E-state index in [9.17, 15) is 4.39 Å². The Bertz CT molecular complexity index is 687. The first-order valence-electron chi connectivity index (χ1n) is 6.59. The van der Waals surface area contributed by atoms with Crippen molar-refractivity contribution in [1.82, 2.24) is 9.78 Å². The van der Waals surface area contributed by atoms with E-state index in [0.29, 0.717) is 0 Å². The van der Waals surface area contributed by atoms with Gasteiger partial charge in [0.1, 0.15) is 0 Å². The molecule has 0 saturated carbocycles. The highest BCUT2D eigenvalue weighted by atomic mass is 19.1. The molecule has 2 aromatic carbocycles. The second kappa shape index (κ2) is 5.29. The Hall–Kier alpha value is -2.42. The summed E-state index contributed by atoms with van der Waals surface area (Å²) >= 11 is 0. The molecule has 0 saturated heterocycles. The highest BCUT2D eigenvalue weighted by molar-refractivity contribution is 5.63. The molecule has 0 aliphatic heterocycles. The summed E-state index contributed by atoms with van der Waals surface area (Å²) in [7, 11) is 0. The Morgan fingerprint density at radius 3 is 2.20 bits per heavy atom. The van der Waals surface area contributed by atoms with Gasteiger partial charge in [0.05, 0.1) is 18.4 Å². The molecule has 3 rings (SSSR count). The molecule has 0 aliphatic carbocycles. The number of rotatable bonds is 3. The van der Waals surface area contributed by atoms with Crippen LogP contribution >= 0.6 is 0 Å². The van der Waals surface area contributed by atoms with Crippen LogP contribution in [0.15, 0.2) is 67.0 Å². The molecule has 2 nitrogen and oxygen atoms in total. The Morgan fingerprint density at radius 2 is 1.60 bits per heavy atom. The van der Waals surface area contributed by atoms with Gasteiger partial charge < -0.3 is 0 Å². The molecule has 3 heteroatoms. The highest BCUT2D eigenvalue weighted by Crippen LogP contribution is 2.23. The summed E-state index contributed by atoms with van der Waals surface area (Å²) < 4.78 is 14.6. The van der Waals surface area contributed by atoms with E-state index in [4.69, 9.17) is 0 Å². The number of nitrogens with zero attached hydrogens (tertiary/aromatic N) is 2. The monoisotopic (exact) mass is 266 g/mol.